The van der Waals surface area contributed by atoms with Gasteiger partial charge in [0, 0.05) is 0 Å². The second-order valence-corrected chi connectivity index (χ2v) is 6.91. The molecule has 0 saturated carbocycles. The van der Waals surface area contributed by atoms with Crippen molar-refractivity contribution in [2.45, 2.75) is 91.9 Å². The highest BCUT2D eigenvalue weighted by Gasteiger charge is 2.00. The third-order valence-electron chi connectivity index (χ3n) is 2.46. The molecule has 0 aromatic heterocycles. The Morgan fingerprint density at radius 1 is 0.520 bits per heavy atom. The van der Waals surface area contributed by atoms with Crippen molar-refractivity contribution >= 4 is 15.6 Å². The molecule has 9 nitrogen and oxygen atoms in total. The van der Waals surface area contributed by atoms with E-state index < -0.39 is 15.6 Å². The van der Waals surface area contributed by atoms with E-state index in [-0.39, 0.29) is 5.48 Å². The summed E-state index contributed by atoms with van der Waals surface area (Å²) in [4.78, 5) is 43.1. The SMILES string of the molecule is CC.CCCCCCCCCCCC.O.O=P(O)(O)O.O=P(O)(O)O. The fourth-order valence-electron chi connectivity index (χ4n) is 1.56. The smallest absolute Gasteiger partial charge is 0.412 e. The van der Waals surface area contributed by atoms with Gasteiger partial charge in [-0.15, -0.1) is 0 Å². The van der Waals surface area contributed by atoms with Crippen molar-refractivity contribution in [1.82, 2.24) is 0 Å². The van der Waals surface area contributed by atoms with Gasteiger partial charge in [0.2, 0.25) is 0 Å². The van der Waals surface area contributed by atoms with E-state index in [2.05, 4.69) is 13.8 Å². The molecule has 0 atom stereocenters. The van der Waals surface area contributed by atoms with Crippen molar-refractivity contribution in [1.29, 1.82) is 0 Å². The molecule has 0 aliphatic rings. The molecule has 8 N–H and O–H groups in total. The van der Waals surface area contributed by atoms with E-state index in [0.29, 0.717) is 0 Å². The van der Waals surface area contributed by atoms with Gasteiger partial charge in [0.25, 0.3) is 0 Å². The molecule has 0 heterocycles. The van der Waals surface area contributed by atoms with Crippen LogP contribution in [0.5, 0.6) is 0 Å². The normalized spacial score (nSPS) is 10.0. The summed E-state index contributed by atoms with van der Waals surface area (Å²) < 4.78 is 17.8. The van der Waals surface area contributed by atoms with Gasteiger partial charge in [-0.3, -0.25) is 0 Å². The van der Waals surface area contributed by atoms with E-state index in [0.717, 1.165) is 0 Å². The molecular weight excluding hydrogens is 374 g/mol. The van der Waals surface area contributed by atoms with Crippen LogP contribution < -0.4 is 0 Å². The lowest BCUT2D eigenvalue weighted by Crippen LogP contribution is -1.80. The molecular formula is C14H40O9P2. The summed E-state index contributed by atoms with van der Waals surface area (Å²) >= 11 is 0. The molecule has 0 spiro atoms. The predicted molar refractivity (Wildman–Crippen MR) is 101 cm³/mol. The quantitative estimate of drug-likeness (QED) is 0.245. The molecule has 0 bridgehead atoms. The van der Waals surface area contributed by atoms with Crippen LogP contribution >= 0.6 is 15.6 Å². The van der Waals surface area contributed by atoms with Gasteiger partial charge >= 0.3 is 15.6 Å². The fourth-order valence-corrected chi connectivity index (χ4v) is 1.56. The zero-order chi connectivity index (χ0) is 20.1. The average molecular weight is 414 g/mol. The van der Waals surface area contributed by atoms with Crippen LogP contribution in [0, 0.1) is 0 Å². The van der Waals surface area contributed by atoms with Gasteiger partial charge in [0.05, 0.1) is 0 Å². The topological polar surface area (TPSA) is 187 Å². The van der Waals surface area contributed by atoms with Crippen LogP contribution in [-0.4, -0.2) is 34.8 Å². The fraction of sp³-hybridized carbons (Fsp3) is 1.00. The molecule has 0 rings (SSSR count). The van der Waals surface area contributed by atoms with Crippen molar-refractivity contribution < 1.29 is 44.0 Å². The molecule has 11 heteroatoms. The predicted octanol–water partition coefficient (Wildman–Crippen LogP) is 3.27. The van der Waals surface area contributed by atoms with Gasteiger partial charge in [0.1, 0.15) is 0 Å². The number of rotatable bonds is 9. The highest BCUT2D eigenvalue weighted by atomic mass is 31.2. The molecule has 25 heavy (non-hydrogen) atoms. The molecule has 0 aromatic rings. The van der Waals surface area contributed by atoms with E-state index in [1.54, 1.807) is 0 Å². The molecule has 160 valence electrons. The van der Waals surface area contributed by atoms with Crippen LogP contribution in [0.15, 0.2) is 0 Å². The monoisotopic (exact) mass is 414 g/mol. The summed E-state index contributed by atoms with van der Waals surface area (Å²) in [6.07, 6.45) is 14.4. The minimum atomic E-state index is -4.64. The molecule has 0 aromatic carbocycles. The van der Waals surface area contributed by atoms with Gasteiger partial charge in [0.15, 0.2) is 0 Å². The molecule has 0 aliphatic carbocycles. The lowest BCUT2D eigenvalue weighted by Gasteiger charge is -1.99. The summed E-state index contributed by atoms with van der Waals surface area (Å²) in [7, 11) is -9.28. The highest BCUT2D eigenvalue weighted by molar-refractivity contribution is 7.45. The summed E-state index contributed by atoms with van der Waals surface area (Å²) in [5.74, 6) is 0. The molecule has 0 amide bonds. The summed E-state index contributed by atoms with van der Waals surface area (Å²) in [5.41, 5.74) is 0. The molecule has 0 unspecified atom stereocenters. The Kier molecular flexibility index (Phi) is 38.2. The second-order valence-electron chi connectivity index (χ2n) is 4.85. The minimum Gasteiger partial charge on any atom is -0.412 e. The van der Waals surface area contributed by atoms with E-state index in [1.807, 2.05) is 13.8 Å². The first kappa shape index (κ1) is 36.2. The summed E-state index contributed by atoms with van der Waals surface area (Å²) in [6.45, 7) is 8.56. The maximum Gasteiger partial charge on any atom is 0.466 e. The maximum atomic E-state index is 8.88. The van der Waals surface area contributed by atoms with E-state index >= 15 is 0 Å². The molecule has 0 aliphatic heterocycles. The Hall–Kier alpha value is 0.180. The van der Waals surface area contributed by atoms with Crippen molar-refractivity contribution in [3.05, 3.63) is 0 Å². The van der Waals surface area contributed by atoms with Gasteiger partial charge in [-0.25, -0.2) is 9.13 Å². The van der Waals surface area contributed by atoms with E-state index in [9.17, 15) is 0 Å². The van der Waals surface area contributed by atoms with Crippen LogP contribution in [-0.2, 0) is 9.13 Å². The first-order valence-electron chi connectivity index (χ1n) is 8.48. The van der Waals surface area contributed by atoms with Crippen molar-refractivity contribution in [3.63, 3.8) is 0 Å². The Morgan fingerprint density at radius 2 is 0.640 bits per heavy atom. The maximum absolute atomic E-state index is 8.88. The summed E-state index contributed by atoms with van der Waals surface area (Å²) in [6, 6.07) is 0. The average Bonchev–Trinajstić information content (AvgIpc) is 2.40. The van der Waals surface area contributed by atoms with E-state index in [4.69, 9.17) is 38.5 Å². The first-order chi connectivity index (χ1) is 10.9. The van der Waals surface area contributed by atoms with Gasteiger partial charge < -0.3 is 34.8 Å². The Labute approximate surface area is 152 Å². The van der Waals surface area contributed by atoms with Crippen molar-refractivity contribution in [3.8, 4) is 0 Å². The highest BCUT2D eigenvalue weighted by Crippen LogP contribution is 2.26. The zero-order valence-corrected chi connectivity index (χ0v) is 17.8. The third-order valence-corrected chi connectivity index (χ3v) is 2.46. The van der Waals surface area contributed by atoms with Crippen LogP contribution in [0.4, 0.5) is 0 Å². The van der Waals surface area contributed by atoms with Gasteiger partial charge in [-0.2, -0.15) is 0 Å². The van der Waals surface area contributed by atoms with Crippen LogP contribution in [0.2, 0.25) is 0 Å². The second kappa shape index (κ2) is 26.4. The minimum absolute atomic E-state index is 0. The Morgan fingerprint density at radius 3 is 0.760 bits per heavy atom. The van der Waals surface area contributed by atoms with E-state index in [1.165, 1.54) is 64.2 Å². The van der Waals surface area contributed by atoms with Crippen LogP contribution in [0.3, 0.4) is 0 Å². The standard InChI is InChI=1S/C12H26.C2H6.2H3O4P.H2O/c1-3-5-7-9-11-12-10-8-6-4-2;1-2;2*1-5(2,3)4;/h3-12H2,1-2H3;1-2H3;2*(H3,1,2,3,4);1H2. The van der Waals surface area contributed by atoms with Gasteiger partial charge in [-0.05, 0) is 0 Å². The Bertz CT molecular complexity index is 256. The van der Waals surface area contributed by atoms with Crippen LogP contribution in [0.25, 0.3) is 0 Å². The Balaban J connectivity index is -0.0000000860. The van der Waals surface area contributed by atoms with Crippen LogP contribution in [0.1, 0.15) is 91.9 Å². The molecule has 0 radical (unpaired) electrons. The van der Waals surface area contributed by atoms with Crippen molar-refractivity contribution in [2.75, 3.05) is 0 Å². The van der Waals surface area contributed by atoms with Gasteiger partial charge in [-0.1, -0.05) is 91.9 Å². The number of hydrogen-bond acceptors (Lipinski definition) is 2. The molecule has 0 saturated heterocycles. The molecule has 0 fully saturated rings. The lowest BCUT2D eigenvalue weighted by atomic mass is 10.1. The zero-order valence-electron chi connectivity index (χ0n) is 16.0. The van der Waals surface area contributed by atoms with Crippen molar-refractivity contribution in [2.24, 2.45) is 0 Å². The first-order valence-corrected chi connectivity index (χ1v) is 11.6. The number of hydrogen-bond donors (Lipinski definition) is 6. The third kappa shape index (κ3) is 141. The lowest BCUT2D eigenvalue weighted by molar-refractivity contribution is 0.272. The number of unbranched alkanes of at least 4 members (excludes halogenated alkanes) is 9. The summed E-state index contributed by atoms with van der Waals surface area (Å²) in [5, 5.41) is 0. The number of phosphoric acid groups is 2. The largest absolute Gasteiger partial charge is 0.466 e.